The Labute approximate surface area is 216 Å². The molecule has 1 aliphatic rings. The zero-order valence-electron chi connectivity index (χ0n) is 21.1. The number of ether oxygens (including phenoxy) is 1. The third-order valence-electron chi connectivity index (χ3n) is 6.76. The largest absolute Gasteiger partial charge is 0.691 e. The molecule has 0 atom stereocenters. The van der Waals surface area contributed by atoms with E-state index >= 15 is 0 Å². The molecule has 4 aromatic rings. The summed E-state index contributed by atoms with van der Waals surface area (Å²) in [5, 5.41) is 15.8. The molecule has 0 radical (unpaired) electrons. The van der Waals surface area contributed by atoms with Crippen molar-refractivity contribution in [3.63, 3.8) is 0 Å². The highest BCUT2D eigenvalue weighted by atomic mass is 16.5. The van der Waals surface area contributed by atoms with Gasteiger partial charge in [-0.15, -0.1) is 4.85 Å². The molecule has 0 amide bonds. The number of aromatic nitrogens is 4. The Morgan fingerprint density at radius 1 is 0.919 bits per heavy atom. The molecule has 2 aromatic heterocycles. The molecular weight excluding hydrogens is 468 g/mol. The highest BCUT2D eigenvalue weighted by molar-refractivity contribution is 5.98. The van der Waals surface area contributed by atoms with Crippen LogP contribution in [0.15, 0.2) is 66.9 Å². The van der Waals surface area contributed by atoms with Crippen LogP contribution in [0.1, 0.15) is 43.1 Å². The molecule has 0 unspecified atom stereocenters. The van der Waals surface area contributed by atoms with Crippen LogP contribution in [0.5, 0.6) is 5.75 Å². The standard InChI is InChI=1S/C28H32N6O3/c1-2-3-4-7-20-37-24-13-10-22(11-14-24)31-16-18-32(19-17-31)23-12-15-25(29-21-23)28(35)33-26-8-5-6-9-27(26)34(36)30-33/h5-6,8-15,21H,2-4,7,16-20H2,1H3. The van der Waals surface area contributed by atoms with E-state index in [4.69, 9.17) is 4.74 Å². The van der Waals surface area contributed by atoms with Crippen LogP contribution in [0.3, 0.4) is 0 Å². The van der Waals surface area contributed by atoms with Crippen molar-refractivity contribution in [3.05, 3.63) is 77.8 Å². The topological polar surface area (TPSA) is 90.4 Å². The number of nitrogens with zero attached hydrogens (tertiary/aromatic N) is 6. The number of pyridine rings is 1. The minimum atomic E-state index is -0.435. The van der Waals surface area contributed by atoms with E-state index in [2.05, 4.69) is 51.2 Å². The van der Waals surface area contributed by atoms with Crippen molar-refractivity contribution in [1.82, 2.24) is 14.9 Å². The molecule has 0 N–H and O–H groups in total. The summed E-state index contributed by atoms with van der Waals surface area (Å²) in [6, 6.07) is 18.8. The fourth-order valence-electron chi connectivity index (χ4n) is 4.64. The predicted molar refractivity (Wildman–Crippen MR) is 143 cm³/mol. The van der Waals surface area contributed by atoms with Gasteiger partial charge in [0, 0.05) is 31.9 Å². The van der Waals surface area contributed by atoms with E-state index in [1.165, 1.54) is 24.9 Å². The predicted octanol–water partition coefficient (Wildman–Crippen LogP) is 4.04. The number of benzene rings is 2. The van der Waals surface area contributed by atoms with Gasteiger partial charge in [-0.05, 0) is 55.0 Å². The van der Waals surface area contributed by atoms with Crippen LogP contribution in [0, 0.1) is 5.21 Å². The molecule has 1 aliphatic heterocycles. The minimum absolute atomic E-state index is 0.240. The van der Waals surface area contributed by atoms with Gasteiger partial charge in [0.15, 0.2) is 5.69 Å². The SMILES string of the molecule is CCCCCCOc1ccc(N2CCN(c3ccc(C(=O)n4n[n+]([O-])c5ccccc54)nc3)CC2)cc1. The van der Waals surface area contributed by atoms with Crippen molar-refractivity contribution < 1.29 is 14.4 Å². The van der Waals surface area contributed by atoms with Gasteiger partial charge in [-0.2, -0.15) is 0 Å². The quantitative estimate of drug-likeness (QED) is 0.195. The highest BCUT2D eigenvalue weighted by Gasteiger charge is 2.24. The number of hydrogen-bond acceptors (Lipinski definition) is 7. The van der Waals surface area contributed by atoms with Gasteiger partial charge >= 0.3 is 5.91 Å². The Bertz CT molecular complexity index is 1330. The molecule has 1 saturated heterocycles. The Morgan fingerprint density at radius 2 is 1.62 bits per heavy atom. The van der Waals surface area contributed by atoms with Crippen molar-refractivity contribution in [3.8, 4) is 5.75 Å². The lowest BCUT2D eigenvalue weighted by Crippen LogP contribution is -2.46. The van der Waals surface area contributed by atoms with Gasteiger partial charge in [-0.1, -0.05) is 43.0 Å². The highest BCUT2D eigenvalue weighted by Crippen LogP contribution is 2.23. The molecule has 0 spiro atoms. The smallest absolute Gasteiger partial charge is 0.385 e. The van der Waals surface area contributed by atoms with E-state index in [9.17, 15) is 10.0 Å². The van der Waals surface area contributed by atoms with Crippen molar-refractivity contribution in [2.24, 2.45) is 0 Å². The van der Waals surface area contributed by atoms with Crippen LogP contribution in [-0.4, -0.2) is 53.6 Å². The van der Waals surface area contributed by atoms with E-state index in [1.807, 2.05) is 6.07 Å². The summed E-state index contributed by atoms with van der Waals surface area (Å²) in [7, 11) is 0. The van der Waals surface area contributed by atoms with Crippen LogP contribution < -0.4 is 19.4 Å². The van der Waals surface area contributed by atoms with Crippen molar-refractivity contribution >= 4 is 28.3 Å². The fourth-order valence-corrected chi connectivity index (χ4v) is 4.64. The molecule has 0 bridgehead atoms. The van der Waals surface area contributed by atoms with Gasteiger partial charge in [0.2, 0.25) is 11.0 Å². The maximum atomic E-state index is 12.9. The van der Waals surface area contributed by atoms with E-state index in [0.29, 0.717) is 15.9 Å². The van der Waals surface area contributed by atoms with E-state index in [-0.39, 0.29) is 5.69 Å². The fraction of sp³-hybridized carbons (Fsp3) is 0.357. The first-order valence-corrected chi connectivity index (χ1v) is 12.9. The Hall–Kier alpha value is -4.14. The molecule has 2 aromatic carbocycles. The molecular formula is C28H32N6O3. The zero-order valence-corrected chi connectivity index (χ0v) is 21.1. The first kappa shape index (κ1) is 24.5. The lowest BCUT2D eigenvalue weighted by Gasteiger charge is -2.37. The van der Waals surface area contributed by atoms with Gasteiger partial charge < -0.3 is 19.7 Å². The summed E-state index contributed by atoms with van der Waals surface area (Å²) in [6.45, 7) is 6.47. The van der Waals surface area contributed by atoms with E-state index < -0.39 is 5.91 Å². The van der Waals surface area contributed by atoms with Crippen molar-refractivity contribution in [1.29, 1.82) is 0 Å². The van der Waals surface area contributed by atoms with Gasteiger partial charge in [0.05, 0.1) is 18.5 Å². The molecule has 1 fully saturated rings. The number of piperazine rings is 1. The molecule has 3 heterocycles. The number of anilines is 2. The molecule has 9 nitrogen and oxygen atoms in total. The number of unbranched alkanes of at least 4 members (excludes halogenated alkanes) is 3. The zero-order chi connectivity index (χ0) is 25.6. The second-order valence-corrected chi connectivity index (χ2v) is 9.25. The number of para-hydroxylation sites is 2. The minimum Gasteiger partial charge on any atom is -0.691 e. The summed E-state index contributed by atoms with van der Waals surface area (Å²) in [6.07, 6.45) is 6.53. The third-order valence-corrected chi connectivity index (χ3v) is 6.76. The Balaban J connectivity index is 1.16. The van der Waals surface area contributed by atoms with E-state index in [1.54, 1.807) is 36.5 Å². The third kappa shape index (κ3) is 5.50. The normalized spacial score (nSPS) is 13.8. The number of rotatable bonds is 9. The lowest BCUT2D eigenvalue weighted by atomic mass is 10.2. The van der Waals surface area contributed by atoms with Crippen LogP contribution in [0.4, 0.5) is 11.4 Å². The molecule has 9 heteroatoms. The number of hydrogen-bond donors (Lipinski definition) is 0. The number of fused-ring (bicyclic) bond motifs is 1. The first-order chi connectivity index (χ1) is 18.1. The van der Waals surface area contributed by atoms with Gasteiger partial charge in [0.25, 0.3) is 0 Å². The maximum Gasteiger partial charge on any atom is 0.385 e. The van der Waals surface area contributed by atoms with Gasteiger partial charge in [-0.3, -0.25) is 0 Å². The Morgan fingerprint density at radius 3 is 2.32 bits per heavy atom. The van der Waals surface area contributed by atoms with Crippen molar-refractivity contribution in [2.45, 2.75) is 32.6 Å². The second-order valence-electron chi connectivity index (χ2n) is 9.25. The van der Waals surface area contributed by atoms with Crippen LogP contribution in [-0.2, 0) is 0 Å². The average Bonchev–Trinajstić information content (AvgIpc) is 3.29. The van der Waals surface area contributed by atoms with Crippen molar-refractivity contribution in [2.75, 3.05) is 42.6 Å². The maximum absolute atomic E-state index is 12.9. The number of carbonyl (C=O) groups excluding carboxylic acids is 1. The van der Waals surface area contributed by atoms with Crippen LogP contribution in [0.2, 0.25) is 0 Å². The summed E-state index contributed by atoms with van der Waals surface area (Å²) < 4.78 is 6.97. The summed E-state index contributed by atoms with van der Waals surface area (Å²) in [5.74, 6) is 0.489. The molecule has 0 aliphatic carbocycles. The summed E-state index contributed by atoms with van der Waals surface area (Å²) in [5.41, 5.74) is 3.20. The van der Waals surface area contributed by atoms with Crippen LogP contribution >= 0.6 is 0 Å². The molecule has 5 rings (SSSR count). The summed E-state index contributed by atoms with van der Waals surface area (Å²) in [4.78, 5) is 22.4. The molecule has 37 heavy (non-hydrogen) atoms. The molecule has 0 saturated carbocycles. The Kier molecular flexibility index (Phi) is 7.49. The van der Waals surface area contributed by atoms with Gasteiger partial charge in [0.1, 0.15) is 11.0 Å². The first-order valence-electron chi connectivity index (χ1n) is 12.9. The summed E-state index contributed by atoms with van der Waals surface area (Å²) >= 11 is 0. The lowest BCUT2D eigenvalue weighted by molar-refractivity contribution is -0.645. The number of carbonyl (C=O) groups is 1. The average molecular weight is 501 g/mol. The van der Waals surface area contributed by atoms with E-state index in [0.717, 1.165) is 55.3 Å². The molecule has 192 valence electrons. The van der Waals surface area contributed by atoms with Gasteiger partial charge in [-0.25, -0.2) is 9.78 Å². The van der Waals surface area contributed by atoms with Crippen LogP contribution in [0.25, 0.3) is 11.0 Å². The monoisotopic (exact) mass is 500 g/mol. The second kappa shape index (κ2) is 11.3.